The second-order valence-corrected chi connectivity index (χ2v) is 6.68. The van der Waals surface area contributed by atoms with Crippen LogP contribution in [-0.2, 0) is 6.54 Å². The number of rotatable bonds is 2. The van der Waals surface area contributed by atoms with Crippen molar-refractivity contribution in [3.8, 4) is 28.5 Å². The van der Waals surface area contributed by atoms with Crippen molar-refractivity contribution in [1.29, 1.82) is 0 Å². The molecule has 4 heterocycles. The molecule has 4 aromatic rings. The minimum absolute atomic E-state index is 0.286. The zero-order valence-electron chi connectivity index (χ0n) is 13.6. The zero-order valence-corrected chi connectivity index (χ0v) is 13.6. The van der Waals surface area contributed by atoms with E-state index in [1.54, 1.807) is 18.6 Å². The first-order chi connectivity index (χ1) is 12.8. The molecule has 1 saturated carbocycles. The molecule has 0 radical (unpaired) electrons. The summed E-state index contributed by atoms with van der Waals surface area (Å²) >= 11 is 0. The maximum absolute atomic E-state index is 13.9. The van der Waals surface area contributed by atoms with Gasteiger partial charge >= 0.3 is 0 Å². The molecule has 0 amide bonds. The van der Waals surface area contributed by atoms with Crippen molar-refractivity contribution in [2.24, 2.45) is 0 Å². The number of imidazole rings is 1. The van der Waals surface area contributed by atoms with Gasteiger partial charge in [0.1, 0.15) is 12.1 Å². The molecule has 1 aromatic carbocycles. The van der Waals surface area contributed by atoms with E-state index in [2.05, 4.69) is 20.2 Å². The van der Waals surface area contributed by atoms with Crippen molar-refractivity contribution in [3.63, 3.8) is 0 Å². The second-order valence-electron chi connectivity index (χ2n) is 6.68. The van der Waals surface area contributed by atoms with Gasteiger partial charge in [-0.2, -0.15) is 10.1 Å². The molecule has 0 unspecified atom stereocenters. The first-order valence-corrected chi connectivity index (χ1v) is 8.50. The van der Waals surface area contributed by atoms with E-state index >= 15 is 0 Å². The van der Waals surface area contributed by atoms with Gasteiger partial charge < -0.3 is 4.52 Å². The van der Waals surface area contributed by atoms with Crippen molar-refractivity contribution in [1.82, 2.24) is 29.5 Å². The second kappa shape index (κ2) is 4.87. The van der Waals surface area contributed by atoms with E-state index in [9.17, 15) is 4.39 Å². The van der Waals surface area contributed by atoms with Crippen LogP contribution in [0.25, 0.3) is 28.5 Å². The average Bonchev–Trinajstić information content (AvgIpc) is 3.06. The molecule has 8 heteroatoms. The Labute approximate surface area is 147 Å². The van der Waals surface area contributed by atoms with Crippen LogP contribution in [0.15, 0.2) is 41.3 Å². The molecule has 1 fully saturated rings. The van der Waals surface area contributed by atoms with Crippen LogP contribution in [0.3, 0.4) is 0 Å². The summed E-state index contributed by atoms with van der Waals surface area (Å²) in [6, 6.07) is 6.61. The Hall–Kier alpha value is -3.29. The zero-order chi connectivity index (χ0) is 17.3. The van der Waals surface area contributed by atoms with E-state index < -0.39 is 0 Å². The van der Waals surface area contributed by atoms with E-state index in [0.29, 0.717) is 24.0 Å². The topological polar surface area (TPSA) is 74.6 Å². The van der Waals surface area contributed by atoms with Crippen LogP contribution >= 0.6 is 0 Å². The number of hydrogen-bond acceptors (Lipinski definition) is 5. The van der Waals surface area contributed by atoms with Crippen molar-refractivity contribution in [3.05, 3.63) is 54.1 Å². The first kappa shape index (κ1) is 13.9. The largest absolute Gasteiger partial charge is 0.332 e. The Kier molecular flexibility index (Phi) is 2.61. The Morgan fingerprint density at radius 1 is 1.19 bits per heavy atom. The third-order valence-corrected chi connectivity index (χ3v) is 4.96. The minimum Gasteiger partial charge on any atom is -0.332 e. The third kappa shape index (κ3) is 1.92. The van der Waals surface area contributed by atoms with Crippen LogP contribution in [0.5, 0.6) is 0 Å². The molecule has 3 aromatic heterocycles. The quantitative estimate of drug-likeness (QED) is 0.490. The van der Waals surface area contributed by atoms with Crippen LogP contribution in [0.1, 0.15) is 30.3 Å². The molecule has 0 spiro atoms. The Morgan fingerprint density at radius 2 is 2.12 bits per heavy atom. The van der Waals surface area contributed by atoms with E-state index in [0.717, 1.165) is 41.3 Å². The molecular weight excluding hydrogens is 335 g/mol. The van der Waals surface area contributed by atoms with Crippen molar-refractivity contribution in [2.45, 2.75) is 25.3 Å². The normalized spacial score (nSPS) is 15.3. The Balaban J connectivity index is 1.57. The van der Waals surface area contributed by atoms with Crippen LogP contribution in [0.4, 0.5) is 4.39 Å². The number of nitrogens with zero attached hydrogens (tertiary/aromatic N) is 6. The molecule has 1 aliphatic heterocycles. The van der Waals surface area contributed by atoms with Gasteiger partial charge in [0, 0.05) is 17.7 Å². The van der Waals surface area contributed by atoms with Gasteiger partial charge in [-0.15, -0.1) is 0 Å². The summed E-state index contributed by atoms with van der Waals surface area (Å²) in [7, 11) is 0. The van der Waals surface area contributed by atoms with Crippen LogP contribution in [0.2, 0.25) is 0 Å². The molecule has 0 saturated heterocycles. The summed E-state index contributed by atoms with van der Waals surface area (Å²) in [6.45, 7) is 0.481. The predicted octanol–water partition coefficient (Wildman–Crippen LogP) is 3.16. The molecule has 0 atom stereocenters. The van der Waals surface area contributed by atoms with Crippen LogP contribution in [-0.4, -0.2) is 29.5 Å². The smallest absolute Gasteiger partial charge is 0.278 e. The molecule has 128 valence electrons. The molecule has 7 nitrogen and oxygen atoms in total. The molecule has 26 heavy (non-hydrogen) atoms. The molecule has 1 aliphatic carbocycles. The van der Waals surface area contributed by atoms with Gasteiger partial charge in [-0.1, -0.05) is 5.16 Å². The van der Waals surface area contributed by atoms with Crippen molar-refractivity contribution in [2.75, 3.05) is 0 Å². The van der Waals surface area contributed by atoms with Gasteiger partial charge in [-0.25, -0.2) is 9.37 Å². The van der Waals surface area contributed by atoms with Gasteiger partial charge in [-0.05, 0) is 37.1 Å². The average molecular weight is 348 g/mol. The number of fused-ring (bicyclic) bond motifs is 5. The summed E-state index contributed by atoms with van der Waals surface area (Å²) in [6.07, 6.45) is 5.65. The first-order valence-electron chi connectivity index (χ1n) is 8.50. The highest BCUT2D eigenvalue weighted by Crippen LogP contribution is 2.40. The van der Waals surface area contributed by atoms with Gasteiger partial charge in [0.2, 0.25) is 0 Å². The maximum atomic E-state index is 13.9. The fourth-order valence-electron chi connectivity index (χ4n) is 3.50. The van der Waals surface area contributed by atoms with Crippen molar-refractivity contribution >= 4 is 0 Å². The molecule has 0 N–H and O–H groups in total. The lowest BCUT2D eigenvalue weighted by Gasteiger charge is -2.08. The fraction of sp³-hybridized carbons (Fsp3) is 0.222. The molecule has 2 aliphatic rings. The highest BCUT2D eigenvalue weighted by atomic mass is 19.1. The molecule has 0 bridgehead atoms. The summed E-state index contributed by atoms with van der Waals surface area (Å²) in [5.41, 5.74) is 4.00. The summed E-state index contributed by atoms with van der Waals surface area (Å²) < 4.78 is 23.1. The number of aromatic nitrogens is 6. The van der Waals surface area contributed by atoms with E-state index in [4.69, 9.17) is 4.52 Å². The van der Waals surface area contributed by atoms with Gasteiger partial charge in [0.05, 0.1) is 23.6 Å². The van der Waals surface area contributed by atoms with Gasteiger partial charge in [0.15, 0.2) is 11.5 Å². The predicted molar refractivity (Wildman–Crippen MR) is 89.1 cm³/mol. The highest BCUT2D eigenvalue weighted by molar-refractivity contribution is 5.73. The van der Waals surface area contributed by atoms with E-state index in [1.165, 1.54) is 12.1 Å². The lowest BCUT2D eigenvalue weighted by molar-refractivity contribution is 0.421. The third-order valence-electron chi connectivity index (χ3n) is 4.96. The maximum Gasteiger partial charge on any atom is 0.278 e. The number of halogens is 1. The lowest BCUT2D eigenvalue weighted by atomic mass is 10.1. The highest BCUT2D eigenvalue weighted by Gasteiger charge is 2.31. The molecule has 6 rings (SSSR count). The number of benzene rings is 1. The van der Waals surface area contributed by atoms with E-state index in [-0.39, 0.29) is 5.82 Å². The van der Waals surface area contributed by atoms with Gasteiger partial charge in [0.25, 0.3) is 5.89 Å². The van der Waals surface area contributed by atoms with E-state index in [1.807, 2.05) is 15.3 Å². The minimum atomic E-state index is -0.286. The Morgan fingerprint density at radius 3 is 3.00 bits per heavy atom. The monoisotopic (exact) mass is 348 g/mol. The lowest BCUT2D eigenvalue weighted by Crippen LogP contribution is -2.05. The summed E-state index contributed by atoms with van der Waals surface area (Å²) in [5, 5.41) is 8.48. The standard InChI is InChI=1S/C18H13FN6O/c19-11-3-4-13-12(7-11)14-5-6-21-25(14)8-15-16(20-9-24(13)15)18-22-17(23-26-18)10-1-2-10/h3-7,9-10H,1-2,8H2. The summed E-state index contributed by atoms with van der Waals surface area (Å²) in [4.78, 5) is 9.04. The van der Waals surface area contributed by atoms with Crippen LogP contribution in [0, 0.1) is 5.82 Å². The number of hydrogen-bond donors (Lipinski definition) is 0. The molecular formula is C18H13FN6O. The van der Waals surface area contributed by atoms with Gasteiger partial charge in [-0.3, -0.25) is 9.25 Å². The Bertz CT molecular complexity index is 1150. The SMILES string of the molecule is Fc1ccc2c(c1)-c1ccnn1Cc1c(-c3nc(C4CC4)no3)ncn1-2. The fourth-order valence-corrected chi connectivity index (χ4v) is 3.50. The van der Waals surface area contributed by atoms with Crippen LogP contribution < -0.4 is 0 Å². The summed E-state index contributed by atoms with van der Waals surface area (Å²) in [5.74, 6) is 1.29. The van der Waals surface area contributed by atoms with Crippen molar-refractivity contribution < 1.29 is 8.91 Å².